The third-order valence-electron chi connectivity index (χ3n) is 2.59. The molecule has 0 bridgehead atoms. The van der Waals surface area contributed by atoms with E-state index in [0.29, 0.717) is 5.92 Å². The van der Waals surface area contributed by atoms with Gasteiger partial charge in [0, 0.05) is 11.1 Å². The smallest absolute Gasteiger partial charge is 0.0314 e. The normalized spacial score (nSPS) is 25.9. The van der Waals surface area contributed by atoms with E-state index in [2.05, 4.69) is 52.9 Å². The van der Waals surface area contributed by atoms with Gasteiger partial charge in [0.05, 0.1) is 0 Å². The van der Waals surface area contributed by atoms with Crippen LogP contribution in [0.3, 0.4) is 0 Å². The van der Waals surface area contributed by atoms with Crippen molar-refractivity contribution in [2.24, 2.45) is 5.92 Å². The molecule has 0 saturated carbocycles. The summed E-state index contributed by atoms with van der Waals surface area (Å²) in [5.74, 6) is 0.681. The highest BCUT2D eigenvalue weighted by Crippen LogP contribution is 2.31. The van der Waals surface area contributed by atoms with Gasteiger partial charge in [-0.3, -0.25) is 0 Å². The summed E-state index contributed by atoms with van der Waals surface area (Å²) >= 11 is 0. The van der Waals surface area contributed by atoms with Crippen LogP contribution >= 0.6 is 0 Å². The van der Waals surface area contributed by atoms with Gasteiger partial charge in [0.25, 0.3) is 0 Å². The molecule has 1 heteroatoms. The fraction of sp³-hybridized carbons (Fsp3) is 0.833. The summed E-state index contributed by atoms with van der Waals surface area (Å²) in [4.78, 5) is 0. The Morgan fingerprint density at radius 2 is 1.77 bits per heavy atom. The van der Waals surface area contributed by atoms with Crippen molar-refractivity contribution in [2.45, 2.75) is 59.0 Å². The molecule has 0 amide bonds. The Kier molecular flexibility index (Phi) is 2.59. The summed E-state index contributed by atoms with van der Waals surface area (Å²) in [6.07, 6.45) is 3.57. The Hall–Kier alpha value is -0.300. The molecular weight excluding hydrogens is 158 g/mol. The molecule has 0 aromatic carbocycles. The largest absolute Gasteiger partial charge is 0.303 e. The van der Waals surface area contributed by atoms with Gasteiger partial charge >= 0.3 is 0 Å². The molecule has 13 heavy (non-hydrogen) atoms. The molecule has 1 heterocycles. The van der Waals surface area contributed by atoms with Crippen LogP contribution in [-0.2, 0) is 0 Å². The molecule has 0 radical (unpaired) electrons. The molecular formula is C12H23N. The highest BCUT2D eigenvalue weighted by atomic mass is 15.0. The van der Waals surface area contributed by atoms with Crippen molar-refractivity contribution in [3.63, 3.8) is 0 Å². The van der Waals surface area contributed by atoms with Crippen LogP contribution in [-0.4, -0.2) is 11.1 Å². The van der Waals surface area contributed by atoms with Crippen LogP contribution in [0.5, 0.6) is 0 Å². The van der Waals surface area contributed by atoms with E-state index in [1.165, 1.54) is 6.42 Å². The third-order valence-corrected chi connectivity index (χ3v) is 2.59. The van der Waals surface area contributed by atoms with Crippen molar-refractivity contribution in [1.82, 2.24) is 5.32 Å². The first-order valence-electron chi connectivity index (χ1n) is 5.23. The SMILES string of the molecule is CC(C)C1=CC(C)(C)NC(C)(C)C1. The Bertz CT molecular complexity index is 221. The lowest BCUT2D eigenvalue weighted by Crippen LogP contribution is -2.54. The minimum Gasteiger partial charge on any atom is -0.303 e. The quantitative estimate of drug-likeness (QED) is 0.613. The van der Waals surface area contributed by atoms with Crippen molar-refractivity contribution < 1.29 is 0 Å². The highest BCUT2D eigenvalue weighted by Gasteiger charge is 2.32. The summed E-state index contributed by atoms with van der Waals surface area (Å²) in [6.45, 7) is 13.6. The first-order valence-corrected chi connectivity index (χ1v) is 5.23. The van der Waals surface area contributed by atoms with Crippen LogP contribution in [0.25, 0.3) is 0 Å². The van der Waals surface area contributed by atoms with Gasteiger partial charge < -0.3 is 5.32 Å². The van der Waals surface area contributed by atoms with Gasteiger partial charge in [-0.1, -0.05) is 25.5 Å². The van der Waals surface area contributed by atoms with Crippen LogP contribution in [0.1, 0.15) is 48.0 Å². The zero-order chi connectivity index (χ0) is 10.3. The van der Waals surface area contributed by atoms with Gasteiger partial charge in [-0.2, -0.15) is 0 Å². The van der Waals surface area contributed by atoms with E-state index in [-0.39, 0.29) is 11.1 Å². The van der Waals surface area contributed by atoms with Gasteiger partial charge in [-0.05, 0) is 40.0 Å². The molecule has 76 valence electrons. The number of hydrogen-bond acceptors (Lipinski definition) is 1. The maximum atomic E-state index is 3.64. The number of rotatable bonds is 1. The molecule has 1 aliphatic rings. The Balaban J connectivity index is 2.93. The van der Waals surface area contributed by atoms with E-state index in [4.69, 9.17) is 0 Å². The first kappa shape index (κ1) is 10.8. The predicted molar refractivity (Wildman–Crippen MR) is 58.8 cm³/mol. The second kappa shape index (κ2) is 3.13. The average Bonchev–Trinajstić information content (AvgIpc) is 1.79. The fourth-order valence-corrected chi connectivity index (χ4v) is 2.35. The molecule has 0 fully saturated rings. The van der Waals surface area contributed by atoms with Gasteiger partial charge in [0.2, 0.25) is 0 Å². The van der Waals surface area contributed by atoms with Crippen LogP contribution < -0.4 is 5.32 Å². The first-order chi connectivity index (χ1) is 5.72. The average molecular weight is 181 g/mol. The molecule has 0 aromatic rings. The predicted octanol–water partition coefficient (Wildman–Crippen LogP) is 3.12. The molecule has 0 unspecified atom stereocenters. The van der Waals surface area contributed by atoms with Crippen molar-refractivity contribution in [3.05, 3.63) is 11.6 Å². The minimum absolute atomic E-state index is 0.154. The third kappa shape index (κ3) is 2.84. The standard InChI is InChI=1S/C12H23N/c1-9(2)10-7-11(3,4)13-12(5,6)8-10/h7,9,13H,8H2,1-6H3. The van der Waals surface area contributed by atoms with E-state index in [9.17, 15) is 0 Å². The molecule has 0 aliphatic carbocycles. The van der Waals surface area contributed by atoms with Crippen molar-refractivity contribution >= 4 is 0 Å². The number of hydrogen-bond donors (Lipinski definition) is 1. The van der Waals surface area contributed by atoms with Gasteiger partial charge in [-0.15, -0.1) is 0 Å². The van der Waals surface area contributed by atoms with Crippen molar-refractivity contribution in [2.75, 3.05) is 0 Å². The van der Waals surface area contributed by atoms with Crippen LogP contribution in [0.15, 0.2) is 11.6 Å². The Morgan fingerprint density at radius 3 is 2.15 bits per heavy atom. The summed E-state index contributed by atoms with van der Waals surface area (Å²) in [6, 6.07) is 0. The Morgan fingerprint density at radius 1 is 1.23 bits per heavy atom. The maximum Gasteiger partial charge on any atom is 0.0314 e. The molecule has 1 nitrogen and oxygen atoms in total. The van der Waals surface area contributed by atoms with Gasteiger partial charge in [-0.25, -0.2) is 0 Å². The molecule has 0 aromatic heterocycles. The molecule has 0 saturated heterocycles. The van der Waals surface area contributed by atoms with E-state index in [1.54, 1.807) is 5.57 Å². The van der Waals surface area contributed by atoms with E-state index in [0.717, 1.165) is 0 Å². The summed E-state index contributed by atoms with van der Waals surface area (Å²) in [7, 11) is 0. The molecule has 0 atom stereocenters. The molecule has 1 rings (SSSR count). The minimum atomic E-state index is 0.154. The topological polar surface area (TPSA) is 12.0 Å². The monoisotopic (exact) mass is 181 g/mol. The summed E-state index contributed by atoms with van der Waals surface area (Å²) in [5.41, 5.74) is 1.99. The maximum absolute atomic E-state index is 3.64. The van der Waals surface area contributed by atoms with Crippen molar-refractivity contribution in [1.29, 1.82) is 0 Å². The Labute approximate surface area is 82.6 Å². The fourth-order valence-electron chi connectivity index (χ4n) is 2.35. The molecule has 0 spiro atoms. The zero-order valence-corrected chi connectivity index (χ0v) is 9.86. The van der Waals surface area contributed by atoms with Crippen LogP contribution in [0.4, 0.5) is 0 Å². The van der Waals surface area contributed by atoms with Crippen molar-refractivity contribution in [3.8, 4) is 0 Å². The second-order valence-corrected chi connectivity index (χ2v) is 5.78. The van der Waals surface area contributed by atoms with Gasteiger partial charge in [0.1, 0.15) is 0 Å². The second-order valence-electron chi connectivity index (χ2n) is 5.78. The molecule has 1 N–H and O–H groups in total. The zero-order valence-electron chi connectivity index (χ0n) is 9.86. The van der Waals surface area contributed by atoms with E-state index in [1.807, 2.05) is 0 Å². The van der Waals surface area contributed by atoms with E-state index >= 15 is 0 Å². The summed E-state index contributed by atoms with van der Waals surface area (Å²) in [5, 5.41) is 3.64. The van der Waals surface area contributed by atoms with E-state index < -0.39 is 0 Å². The number of nitrogens with one attached hydrogen (secondary N) is 1. The lowest BCUT2D eigenvalue weighted by atomic mass is 9.80. The lowest BCUT2D eigenvalue weighted by molar-refractivity contribution is 0.274. The highest BCUT2D eigenvalue weighted by molar-refractivity contribution is 5.21. The summed E-state index contributed by atoms with van der Waals surface area (Å²) < 4.78 is 0. The van der Waals surface area contributed by atoms with Crippen LogP contribution in [0.2, 0.25) is 0 Å². The van der Waals surface area contributed by atoms with Gasteiger partial charge in [0.15, 0.2) is 0 Å². The lowest BCUT2D eigenvalue weighted by Gasteiger charge is -2.42. The molecule has 1 aliphatic heterocycles. The van der Waals surface area contributed by atoms with Crippen LogP contribution in [0, 0.1) is 5.92 Å².